The molecule has 1 fully saturated rings. The summed E-state index contributed by atoms with van der Waals surface area (Å²) in [6, 6.07) is 0. The maximum absolute atomic E-state index is 11.1. The summed E-state index contributed by atoms with van der Waals surface area (Å²) in [6.45, 7) is 1.75. The van der Waals surface area contributed by atoms with Crippen LogP contribution < -0.4 is 0 Å². The SMILES string of the molecule is O=C(O)CN1CCSC(CO)CN(CC(=O)O)CCN(CC(=O)O)CC1. The van der Waals surface area contributed by atoms with E-state index >= 15 is 0 Å². The second-order valence-electron chi connectivity index (χ2n) is 6.14. The molecule has 0 saturated carbocycles. The third-order valence-corrected chi connectivity index (χ3v) is 5.16. The summed E-state index contributed by atoms with van der Waals surface area (Å²) in [5.74, 6) is -2.32. The lowest BCUT2D eigenvalue weighted by Gasteiger charge is -2.31. The van der Waals surface area contributed by atoms with Crippen LogP contribution in [0, 0.1) is 0 Å². The van der Waals surface area contributed by atoms with E-state index in [1.54, 1.807) is 14.7 Å². The number of carbonyl (C=O) groups is 3. The molecule has 0 aromatic heterocycles. The zero-order chi connectivity index (χ0) is 19.5. The highest BCUT2D eigenvalue weighted by molar-refractivity contribution is 8.00. The van der Waals surface area contributed by atoms with Crippen molar-refractivity contribution in [3.8, 4) is 0 Å². The molecule has 1 aliphatic rings. The number of thioether (sulfide) groups is 1. The minimum absolute atomic E-state index is 0.113. The Morgan fingerprint density at radius 2 is 1.19 bits per heavy atom. The molecule has 26 heavy (non-hydrogen) atoms. The zero-order valence-corrected chi connectivity index (χ0v) is 15.4. The first-order valence-electron chi connectivity index (χ1n) is 8.35. The Bertz CT molecular complexity index is 480. The first-order valence-corrected chi connectivity index (χ1v) is 9.40. The number of nitrogens with zero attached hydrogens (tertiary/aromatic N) is 3. The highest BCUT2D eigenvalue weighted by atomic mass is 32.2. The van der Waals surface area contributed by atoms with Crippen LogP contribution in [0.3, 0.4) is 0 Å². The number of aliphatic hydroxyl groups excluding tert-OH is 1. The monoisotopic (exact) mass is 393 g/mol. The second-order valence-corrected chi connectivity index (χ2v) is 7.55. The van der Waals surface area contributed by atoms with Crippen molar-refractivity contribution in [2.45, 2.75) is 5.25 Å². The Morgan fingerprint density at radius 1 is 0.769 bits per heavy atom. The van der Waals surface area contributed by atoms with Crippen molar-refractivity contribution in [1.82, 2.24) is 14.7 Å². The molecule has 0 spiro atoms. The summed E-state index contributed by atoms with van der Waals surface area (Å²) in [5, 5.41) is 36.5. The molecule has 1 saturated heterocycles. The standard InChI is InChI=1S/C15H27N3O7S/c19-11-12-7-18(10-15(24)25)4-3-16(8-13(20)21)1-2-17(5-6-26-12)9-14(22)23/h12,19H,1-11H2,(H,20,21)(H,22,23)(H,24,25). The summed E-state index contributed by atoms with van der Waals surface area (Å²) in [5.41, 5.74) is 0. The van der Waals surface area contributed by atoms with Gasteiger partial charge in [0.25, 0.3) is 0 Å². The van der Waals surface area contributed by atoms with Gasteiger partial charge in [-0.2, -0.15) is 11.8 Å². The molecule has 0 aromatic rings. The van der Waals surface area contributed by atoms with Gasteiger partial charge in [0.15, 0.2) is 0 Å². The summed E-state index contributed by atoms with van der Waals surface area (Å²) in [4.78, 5) is 38.3. The van der Waals surface area contributed by atoms with Gasteiger partial charge in [-0.3, -0.25) is 29.1 Å². The molecule has 10 nitrogen and oxygen atoms in total. The van der Waals surface area contributed by atoms with Crippen molar-refractivity contribution in [3.05, 3.63) is 0 Å². The molecule has 0 bridgehead atoms. The fourth-order valence-electron chi connectivity index (χ4n) is 2.71. The Hall–Kier alpha value is -1.40. The van der Waals surface area contributed by atoms with E-state index in [-0.39, 0.29) is 31.5 Å². The van der Waals surface area contributed by atoms with Crippen LogP contribution in [-0.2, 0) is 14.4 Å². The smallest absolute Gasteiger partial charge is 0.317 e. The van der Waals surface area contributed by atoms with E-state index in [1.165, 1.54) is 11.8 Å². The molecule has 1 heterocycles. The fourth-order valence-corrected chi connectivity index (χ4v) is 3.83. The number of hydrogen-bond acceptors (Lipinski definition) is 8. The molecular weight excluding hydrogens is 366 g/mol. The second kappa shape index (κ2) is 12.1. The van der Waals surface area contributed by atoms with Gasteiger partial charge in [-0.25, -0.2) is 0 Å². The van der Waals surface area contributed by atoms with Crippen LogP contribution in [0.4, 0.5) is 0 Å². The minimum Gasteiger partial charge on any atom is -0.480 e. The average Bonchev–Trinajstić information content (AvgIpc) is 2.52. The van der Waals surface area contributed by atoms with Crippen LogP contribution in [0.2, 0.25) is 0 Å². The summed E-state index contributed by atoms with van der Waals surface area (Å²) in [7, 11) is 0. The zero-order valence-electron chi connectivity index (χ0n) is 14.6. The van der Waals surface area contributed by atoms with Gasteiger partial charge in [0, 0.05) is 50.3 Å². The van der Waals surface area contributed by atoms with E-state index in [0.29, 0.717) is 45.0 Å². The lowest BCUT2D eigenvalue weighted by Crippen LogP contribution is -2.46. The van der Waals surface area contributed by atoms with Crippen LogP contribution in [0.1, 0.15) is 0 Å². The normalized spacial score (nSPS) is 22.3. The average molecular weight is 393 g/mol. The van der Waals surface area contributed by atoms with Gasteiger partial charge in [-0.05, 0) is 0 Å². The summed E-state index contributed by atoms with van der Waals surface area (Å²) < 4.78 is 0. The number of hydrogen-bond donors (Lipinski definition) is 4. The Kier molecular flexibility index (Phi) is 10.5. The number of rotatable bonds is 7. The number of aliphatic carboxylic acids is 3. The quantitative estimate of drug-likeness (QED) is 0.391. The van der Waals surface area contributed by atoms with Gasteiger partial charge < -0.3 is 20.4 Å². The van der Waals surface area contributed by atoms with Crippen LogP contribution in [0.15, 0.2) is 0 Å². The molecule has 1 aliphatic heterocycles. The molecule has 0 aliphatic carbocycles. The van der Waals surface area contributed by atoms with Gasteiger partial charge in [-0.1, -0.05) is 0 Å². The molecule has 11 heteroatoms. The van der Waals surface area contributed by atoms with Gasteiger partial charge >= 0.3 is 17.9 Å². The van der Waals surface area contributed by atoms with Crippen molar-refractivity contribution >= 4 is 29.7 Å². The van der Waals surface area contributed by atoms with Crippen molar-refractivity contribution in [3.63, 3.8) is 0 Å². The van der Waals surface area contributed by atoms with Gasteiger partial charge in [0.1, 0.15) is 0 Å². The number of carboxylic acid groups (broad SMARTS) is 3. The van der Waals surface area contributed by atoms with E-state index in [0.717, 1.165) is 0 Å². The molecule has 4 N–H and O–H groups in total. The maximum Gasteiger partial charge on any atom is 0.317 e. The molecule has 0 amide bonds. The van der Waals surface area contributed by atoms with Gasteiger partial charge in [0.2, 0.25) is 0 Å². The molecule has 1 unspecified atom stereocenters. The Morgan fingerprint density at radius 3 is 1.65 bits per heavy atom. The largest absolute Gasteiger partial charge is 0.480 e. The van der Waals surface area contributed by atoms with Gasteiger partial charge in [-0.15, -0.1) is 0 Å². The van der Waals surface area contributed by atoms with E-state index < -0.39 is 17.9 Å². The van der Waals surface area contributed by atoms with E-state index in [2.05, 4.69) is 0 Å². The predicted molar refractivity (Wildman–Crippen MR) is 95.6 cm³/mol. The van der Waals surface area contributed by atoms with E-state index in [1.807, 2.05) is 0 Å². The molecule has 1 atom stereocenters. The van der Waals surface area contributed by atoms with Crippen molar-refractivity contribution in [1.29, 1.82) is 0 Å². The van der Waals surface area contributed by atoms with Crippen LogP contribution in [-0.4, -0.2) is 130 Å². The highest BCUT2D eigenvalue weighted by Gasteiger charge is 2.21. The van der Waals surface area contributed by atoms with Crippen LogP contribution in [0.25, 0.3) is 0 Å². The van der Waals surface area contributed by atoms with E-state index in [4.69, 9.17) is 15.3 Å². The Balaban J connectivity index is 2.83. The van der Waals surface area contributed by atoms with Crippen LogP contribution in [0.5, 0.6) is 0 Å². The molecule has 150 valence electrons. The molecule has 0 radical (unpaired) electrons. The third-order valence-electron chi connectivity index (χ3n) is 3.97. The summed E-state index contributed by atoms with van der Waals surface area (Å²) in [6.07, 6.45) is 0. The molecule has 1 rings (SSSR count). The number of carboxylic acids is 3. The first-order chi connectivity index (χ1) is 12.3. The lowest BCUT2D eigenvalue weighted by atomic mass is 10.3. The van der Waals surface area contributed by atoms with Crippen molar-refractivity contribution in [2.24, 2.45) is 0 Å². The number of aliphatic hydroxyl groups is 1. The van der Waals surface area contributed by atoms with Crippen molar-refractivity contribution < 1.29 is 34.8 Å². The maximum atomic E-state index is 11.1. The minimum atomic E-state index is -0.990. The summed E-state index contributed by atoms with van der Waals surface area (Å²) >= 11 is 1.48. The topological polar surface area (TPSA) is 142 Å². The first kappa shape index (κ1) is 22.6. The fraction of sp³-hybridized carbons (Fsp3) is 0.800. The Labute approximate surface area is 156 Å². The molecular formula is C15H27N3O7S. The van der Waals surface area contributed by atoms with Crippen LogP contribution >= 0.6 is 11.8 Å². The predicted octanol–water partition coefficient (Wildman–Crippen LogP) is -1.75. The molecule has 0 aromatic carbocycles. The van der Waals surface area contributed by atoms with Gasteiger partial charge in [0.05, 0.1) is 26.2 Å². The highest BCUT2D eigenvalue weighted by Crippen LogP contribution is 2.13. The lowest BCUT2D eigenvalue weighted by molar-refractivity contribution is -0.140. The van der Waals surface area contributed by atoms with E-state index in [9.17, 15) is 19.5 Å². The van der Waals surface area contributed by atoms with Crippen molar-refractivity contribution in [2.75, 3.05) is 71.3 Å². The third kappa shape index (κ3) is 9.92.